The molecule has 0 saturated heterocycles. The van der Waals surface area contributed by atoms with Crippen LogP contribution in [-0.2, 0) is 28.6 Å². The molecule has 0 saturated carbocycles. The summed E-state index contributed by atoms with van der Waals surface area (Å²) in [6.07, 6.45) is 75.1. The molecule has 6 heteroatoms. The molecule has 74 heavy (non-hydrogen) atoms. The Morgan fingerprint density at radius 1 is 0.257 bits per heavy atom. The smallest absolute Gasteiger partial charge is 0.306 e. The predicted molar refractivity (Wildman–Crippen MR) is 321 cm³/mol. The van der Waals surface area contributed by atoms with E-state index in [1.54, 1.807) is 0 Å². The number of esters is 3. The van der Waals surface area contributed by atoms with Crippen molar-refractivity contribution in [1.29, 1.82) is 0 Å². The van der Waals surface area contributed by atoms with Crippen molar-refractivity contribution in [1.82, 2.24) is 0 Å². The molecule has 0 aromatic heterocycles. The standard InChI is InChI=1S/C68H130O6/c1-4-7-10-13-16-19-22-25-28-30-32-33-34-35-37-38-40-43-46-49-52-55-58-61-67(70)73-64-65(63-72-66(69)60-57-54-51-48-45-42-27-24-21-18-15-12-9-6-3)74-68(71)62-59-56-53-50-47-44-41-39-36-31-29-26-23-20-17-14-11-8-5-2/h24,27,65H,4-23,25-26,28-64H2,1-3H3/b27-24-. The lowest BCUT2D eigenvalue weighted by Gasteiger charge is -2.18. The molecule has 0 radical (unpaired) electrons. The van der Waals surface area contributed by atoms with Gasteiger partial charge in [0.15, 0.2) is 6.10 Å². The Balaban J connectivity index is 4.24. The SMILES string of the molecule is CCCCCCC/C=C\CCCCCCCC(=O)OCC(COC(=O)CCCCCCCCCCCCCCCCCCCCCCCCC)OC(=O)CCCCCCCCCCCCCCCCCCCCC. The zero-order chi connectivity index (χ0) is 53.6. The number of allylic oxidation sites excluding steroid dienone is 2. The summed E-state index contributed by atoms with van der Waals surface area (Å²) in [5.74, 6) is -0.841. The zero-order valence-electron chi connectivity index (χ0n) is 50.4. The lowest BCUT2D eigenvalue weighted by molar-refractivity contribution is -0.167. The Labute approximate surface area is 462 Å². The maximum Gasteiger partial charge on any atom is 0.306 e. The van der Waals surface area contributed by atoms with E-state index in [0.717, 1.165) is 64.2 Å². The highest BCUT2D eigenvalue weighted by molar-refractivity contribution is 5.71. The Morgan fingerprint density at radius 2 is 0.446 bits per heavy atom. The summed E-state index contributed by atoms with van der Waals surface area (Å²) in [4.78, 5) is 38.3. The van der Waals surface area contributed by atoms with Crippen LogP contribution < -0.4 is 0 Å². The molecule has 0 N–H and O–H groups in total. The van der Waals surface area contributed by atoms with Crippen LogP contribution >= 0.6 is 0 Å². The van der Waals surface area contributed by atoms with Crippen molar-refractivity contribution in [3.8, 4) is 0 Å². The molecule has 0 rings (SSSR count). The summed E-state index contributed by atoms with van der Waals surface area (Å²) in [5, 5.41) is 0. The van der Waals surface area contributed by atoms with Crippen LogP contribution in [-0.4, -0.2) is 37.2 Å². The van der Waals surface area contributed by atoms with Gasteiger partial charge in [0.1, 0.15) is 13.2 Å². The second-order valence-corrected chi connectivity index (χ2v) is 23.1. The third kappa shape index (κ3) is 61.0. The van der Waals surface area contributed by atoms with Gasteiger partial charge in [-0.05, 0) is 44.9 Å². The second kappa shape index (κ2) is 63.7. The van der Waals surface area contributed by atoms with Gasteiger partial charge < -0.3 is 14.2 Å². The minimum absolute atomic E-state index is 0.0658. The normalized spacial score (nSPS) is 12.0. The van der Waals surface area contributed by atoms with Gasteiger partial charge in [-0.2, -0.15) is 0 Å². The first-order valence-electron chi connectivity index (χ1n) is 33.7. The topological polar surface area (TPSA) is 78.9 Å². The Kier molecular flexibility index (Phi) is 62.1. The van der Waals surface area contributed by atoms with Crippen LogP contribution in [0.25, 0.3) is 0 Å². The van der Waals surface area contributed by atoms with Crippen LogP contribution in [0.15, 0.2) is 12.2 Å². The number of rotatable bonds is 63. The van der Waals surface area contributed by atoms with E-state index in [-0.39, 0.29) is 31.1 Å². The van der Waals surface area contributed by atoms with E-state index in [1.165, 1.54) is 283 Å². The molecule has 438 valence electrons. The van der Waals surface area contributed by atoms with Gasteiger partial charge >= 0.3 is 17.9 Å². The Bertz CT molecular complexity index is 1150. The minimum atomic E-state index is -0.769. The van der Waals surface area contributed by atoms with Crippen LogP contribution in [0, 0.1) is 0 Å². The van der Waals surface area contributed by atoms with Crippen LogP contribution in [0.5, 0.6) is 0 Å². The van der Waals surface area contributed by atoms with Crippen molar-refractivity contribution in [2.24, 2.45) is 0 Å². The van der Waals surface area contributed by atoms with Gasteiger partial charge in [-0.3, -0.25) is 14.4 Å². The highest BCUT2D eigenvalue weighted by Crippen LogP contribution is 2.19. The average Bonchev–Trinajstić information content (AvgIpc) is 3.40. The summed E-state index contributed by atoms with van der Waals surface area (Å²) >= 11 is 0. The van der Waals surface area contributed by atoms with Gasteiger partial charge in [-0.1, -0.05) is 335 Å². The number of hydrogen-bond donors (Lipinski definition) is 0. The van der Waals surface area contributed by atoms with Crippen molar-refractivity contribution >= 4 is 17.9 Å². The quantitative estimate of drug-likeness (QED) is 0.0261. The number of ether oxygens (including phenoxy) is 3. The first-order valence-corrected chi connectivity index (χ1v) is 33.7. The zero-order valence-corrected chi connectivity index (χ0v) is 50.4. The van der Waals surface area contributed by atoms with Gasteiger partial charge in [0.2, 0.25) is 0 Å². The molecule has 0 spiro atoms. The van der Waals surface area contributed by atoms with Crippen LogP contribution in [0.4, 0.5) is 0 Å². The third-order valence-electron chi connectivity index (χ3n) is 15.5. The van der Waals surface area contributed by atoms with E-state index in [4.69, 9.17) is 14.2 Å². The molecule has 0 bridgehead atoms. The highest BCUT2D eigenvalue weighted by Gasteiger charge is 2.19. The molecule has 0 aliphatic rings. The van der Waals surface area contributed by atoms with E-state index in [2.05, 4.69) is 32.9 Å². The molecule has 0 aromatic carbocycles. The Morgan fingerprint density at radius 3 is 0.676 bits per heavy atom. The summed E-state index contributed by atoms with van der Waals surface area (Å²) in [6, 6.07) is 0. The summed E-state index contributed by atoms with van der Waals surface area (Å²) in [7, 11) is 0. The molecule has 0 aliphatic heterocycles. The summed E-state index contributed by atoms with van der Waals surface area (Å²) in [5.41, 5.74) is 0. The molecule has 0 heterocycles. The van der Waals surface area contributed by atoms with Crippen molar-refractivity contribution < 1.29 is 28.6 Å². The van der Waals surface area contributed by atoms with Crippen LogP contribution in [0.1, 0.15) is 387 Å². The fourth-order valence-corrected chi connectivity index (χ4v) is 10.4. The monoisotopic (exact) mass is 1040 g/mol. The van der Waals surface area contributed by atoms with Gasteiger partial charge in [0.25, 0.3) is 0 Å². The predicted octanol–water partition coefficient (Wildman–Crippen LogP) is 22.8. The van der Waals surface area contributed by atoms with E-state index >= 15 is 0 Å². The van der Waals surface area contributed by atoms with Crippen molar-refractivity contribution in [2.45, 2.75) is 393 Å². The molecule has 0 aliphatic carbocycles. The van der Waals surface area contributed by atoms with Gasteiger partial charge in [0.05, 0.1) is 0 Å². The fraction of sp³-hybridized carbons (Fsp3) is 0.926. The minimum Gasteiger partial charge on any atom is -0.462 e. The lowest BCUT2D eigenvalue weighted by atomic mass is 10.0. The first-order chi connectivity index (χ1) is 36.5. The fourth-order valence-electron chi connectivity index (χ4n) is 10.4. The molecular formula is C68H130O6. The van der Waals surface area contributed by atoms with Crippen LogP contribution in [0.3, 0.4) is 0 Å². The van der Waals surface area contributed by atoms with Crippen LogP contribution in [0.2, 0.25) is 0 Å². The molecule has 1 atom stereocenters. The number of carbonyl (C=O) groups excluding carboxylic acids is 3. The molecular weight excluding hydrogens is 913 g/mol. The first kappa shape index (κ1) is 72.2. The third-order valence-corrected chi connectivity index (χ3v) is 15.5. The molecule has 0 fully saturated rings. The second-order valence-electron chi connectivity index (χ2n) is 23.1. The molecule has 1 unspecified atom stereocenters. The van der Waals surface area contributed by atoms with E-state index in [9.17, 15) is 14.4 Å². The van der Waals surface area contributed by atoms with Gasteiger partial charge in [0, 0.05) is 19.3 Å². The summed E-state index contributed by atoms with van der Waals surface area (Å²) in [6.45, 7) is 6.71. The highest BCUT2D eigenvalue weighted by atomic mass is 16.6. The largest absolute Gasteiger partial charge is 0.462 e. The van der Waals surface area contributed by atoms with Gasteiger partial charge in [-0.25, -0.2) is 0 Å². The average molecular weight is 1040 g/mol. The molecule has 6 nitrogen and oxygen atoms in total. The lowest BCUT2D eigenvalue weighted by Crippen LogP contribution is -2.30. The van der Waals surface area contributed by atoms with E-state index in [0.29, 0.717) is 19.3 Å². The maximum atomic E-state index is 12.9. The number of hydrogen-bond acceptors (Lipinski definition) is 6. The van der Waals surface area contributed by atoms with Crippen molar-refractivity contribution in [3.05, 3.63) is 12.2 Å². The van der Waals surface area contributed by atoms with Crippen molar-refractivity contribution in [2.75, 3.05) is 13.2 Å². The molecule has 0 amide bonds. The maximum absolute atomic E-state index is 12.9. The van der Waals surface area contributed by atoms with Crippen molar-refractivity contribution in [3.63, 3.8) is 0 Å². The van der Waals surface area contributed by atoms with E-state index in [1.807, 2.05) is 0 Å². The van der Waals surface area contributed by atoms with Gasteiger partial charge in [-0.15, -0.1) is 0 Å². The van der Waals surface area contributed by atoms with E-state index < -0.39 is 6.10 Å². The Hall–Kier alpha value is -1.85. The number of unbranched alkanes of at least 4 members (excludes halogenated alkanes) is 50. The molecule has 0 aromatic rings. The summed E-state index contributed by atoms with van der Waals surface area (Å²) < 4.78 is 17.0. The number of carbonyl (C=O) groups is 3.